The molecular formula is C16H26N6O. The first-order valence-electron chi connectivity index (χ1n) is 8.15. The van der Waals surface area contributed by atoms with Crippen molar-refractivity contribution in [3.05, 3.63) is 24.4 Å². The number of aryl methyl sites for hydroxylation is 1. The minimum atomic E-state index is -0.0276. The van der Waals surface area contributed by atoms with Crippen LogP contribution in [0.25, 0.3) is 0 Å². The zero-order chi connectivity index (χ0) is 16.6. The van der Waals surface area contributed by atoms with Crippen molar-refractivity contribution >= 4 is 11.7 Å². The Balaban J connectivity index is 1.63. The Bertz CT molecular complexity index is 602. The highest BCUT2D eigenvalue weighted by atomic mass is 16.2. The average Bonchev–Trinajstić information content (AvgIpc) is 2.97. The molecule has 1 aromatic heterocycles. The van der Waals surface area contributed by atoms with Gasteiger partial charge in [-0.2, -0.15) is 0 Å². The van der Waals surface area contributed by atoms with Crippen molar-refractivity contribution < 1.29 is 4.79 Å². The summed E-state index contributed by atoms with van der Waals surface area (Å²) in [5.41, 5.74) is 0.667. The molecule has 0 saturated carbocycles. The zero-order valence-corrected chi connectivity index (χ0v) is 14.3. The van der Waals surface area contributed by atoms with Gasteiger partial charge in [0.15, 0.2) is 11.5 Å². The fourth-order valence-corrected chi connectivity index (χ4v) is 3.16. The van der Waals surface area contributed by atoms with Gasteiger partial charge in [0, 0.05) is 46.8 Å². The van der Waals surface area contributed by atoms with Crippen LogP contribution in [-0.4, -0.2) is 84.0 Å². The average molecular weight is 318 g/mol. The zero-order valence-electron chi connectivity index (χ0n) is 14.3. The van der Waals surface area contributed by atoms with Crippen molar-refractivity contribution in [3.8, 4) is 0 Å². The maximum absolute atomic E-state index is 12.5. The Morgan fingerprint density at radius 2 is 1.78 bits per heavy atom. The summed E-state index contributed by atoms with van der Waals surface area (Å²) in [6.45, 7) is 10.3. The summed E-state index contributed by atoms with van der Waals surface area (Å²) in [6.07, 6.45) is 2.80. The topological polar surface area (TPSA) is 47.9 Å². The van der Waals surface area contributed by atoms with E-state index in [1.54, 1.807) is 18.3 Å². The summed E-state index contributed by atoms with van der Waals surface area (Å²) in [7, 11) is 5.82. The van der Waals surface area contributed by atoms with E-state index in [9.17, 15) is 4.79 Å². The molecule has 7 nitrogen and oxygen atoms in total. The van der Waals surface area contributed by atoms with E-state index in [-0.39, 0.29) is 5.91 Å². The number of amides is 1. The molecular weight excluding hydrogens is 292 g/mol. The lowest BCUT2D eigenvalue weighted by Gasteiger charge is -2.33. The second kappa shape index (κ2) is 6.33. The largest absolute Gasteiger partial charge is 0.325 e. The van der Waals surface area contributed by atoms with Gasteiger partial charge in [-0.15, -0.1) is 0 Å². The van der Waals surface area contributed by atoms with Crippen LogP contribution in [0, 0.1) is 0 Å². The molecule has 7 heteroatoms. The molecule has 1 fully saturated rings. The predicted octanol–water partition coefficient (Wildman–Crippen LogP) is 0.514. The fraction of sp³-hybridized carbons (Fsp3) is 0.625. The van der Waals surface area contributed by atoms with Crippen molar-refractivity contribution in [2.75, 3.05) is 58.8 Å². The third-order valence-electron chi connectivity index (χ3n) is 4.89. The molecule has 3 rings (SSSR count). The van der Waals surface area contributed by atoms with E-state index < -0.39 is 0 Å². The number of carbonyl (C=O) groups is 1. The van der Waals surface area contributed by atoms with E-state index in [4.69, 9.17) is 0 Å². The second-order valence-corrected chi connectivity index (χ2v) is 6.45. The number of imidazole rings is 1. The number of aromatic nitrogens is 2. The summed E-state index contributed by atoms with van der Waals surface area (Å²) in [4.78, 5) is 25.2. The predicted molar refractivity (Wildman–Crippen MR) is 90.4 cm³/mol. The molecule has 126 valence electrons. The minimum Gasteiger partial charge on any atom is -0.325 e. The maximum atomic E-state index is 12.5. The number of carbonyl (C=O) groups excluding carboxylic acids is 1. The van der Waals surface area contributed by atoms with Crippen LogP contribution in [0.5, 0.6) is 0 Å². The lowest BCUT2D eigenvalue weighted by molar-refractivity contribution is 0.0814. The molecule has 0 aromatic carbocycles. The molecule has 0 aliphatic carbocycles. The van der Waals surface area contributed by atoms with Gasteiger partial charge in [-0.1, -0.05) is 6.58 Å². The number of nitrogens with zero attached hydrogens (tertiary/aromatic N) is 6. The van der Waals surface area contributed by atoms with Crippen LogP contribution in [0.1, 0.15) is 16.9 Å². The van der Waals surface area contributed by atoms with E-state index in [0.29, 0.717) is 17.3 Å². The van der Waals surface area contributed by atoms with E-state index in [1.807, 2.05) is 16.5 Å². The fourth-order valence-electron chi connectivity index (χ4n) is 3.16. The van der Waals surface area contributed by atoms with Gasteiger partial charge in [-0.05, 0) is 20.0 Å². The van der Waals surface area contributed by atoms with Crippen LogP contribution < -0.4 is 4.90 Å². The van der Waals surface area contributed by atoms with Gasteiger partial charge >= 0.3 is 0 Å². The van der Waals surface area contributed by atoms with Crippen molar-refractivity contribution in [2.24, 2.45) is 0 Å². The lowest BCUT2D eigenvalue weighted by Crippen LogP contribution is -2.44. The molecule has 0 N–H and O–H groups in total. The lowest BCUT2D eigenvalue weighted by atomic mass is 10.2. The Kier molecular flexibility index (Phi) is 4.41. The third kappa shape index (κ3) is 2.98. The highest BCUT2D eigenvalue weighted by Crippen LogP contribution is 2.28. The molecule has 23 heavy (non-hydrogen) atoms. The van der Waals surface area contributed by atoms with E-state index in [1.165, 1.54) is 0 Å². The van der Waals surface area contributed by atoms with Gasteiger partial charge in [-0.25, -0.2) is 4.98 Å². The minimum absolute atomic E-state index is 0.0276. The molecule has 0 bridgehead atoms. The quantitative estimate of drug-likeness (QED) is 0.810. The molecule has 2 aliphatic rings. The normalized spacial score (nSPS) is 20.3. The molecule has 1 aromatic rings. The van der Waals surface area contributed by atoms with Crippen LogP contribution in [0.4, 0.5) is 5.82 Å². The maximum Gasteiger partial charge on any atom is 0.279 e. The van der Waals surface area contributed by atoms with E-state index in [0.717, 1.165) is 45.7 Å². The van der Waals surface area contributed by atoms with Crippen LogP contribution in [0.15, 0.2) is 18.7 Å². The first-order valence-corrected chi connectivity index (χ1v) is 8.15. The molecule has 0 unspecified atom stereocenters. The Morgan fingerprint density at radius 1 is 1.09 bits per heavy atom. The van der Waals surface area contributed by atoms with Gasteiger partial charge in [0.05, 0.1) is 6.33 Å². The number of hydrogen-bond acceptors (Lipinski definition) is 5. The molecule has 1 saturated heterocycles. The van der Waals surface area contributed by atoms with Crippen LogP contribution in [0.2, 0.25) is 0 Å². The number of rotatable bonds is 4. The SMILES string of the molecule is C=C1N(C)C(=O)c2c(ncn2CCCN2CCN(C)CC2)N1C. The molecule has 1 amide bonds. The van der Waals surface area contributed by atoms with Crippen LogP contribution in [-0.2, 0) is 6.54 Å². The Hall–Kier alpha value is -1.86. The smallest absolute Gasteiger partial charge is 0.279 e. The Morgan fingerprint density at radius 3 is 2.48 bits per heavy atom. The Labute approximate surface area is 137 Å². The van der Waals surface area contributed by atoms with Crippen LogP contribution >= 0.6 is 0 Å². The number of hydrogen-bond donors (Lipinski definition) is 0. The van der Waals surface area contributed by atoms with Gasteiger partial charge in [-0.3, -0.25) is 9.69 Å². The molecule has 2 aliphatic heterocycles. The summed E-state index contributed by atoms with van der Waals surface area (Å²) in [6, 6.07) is 0. The van der Waals surface area contributed by atoms with Crippen molar-refractivity contribution in [1.29, 1.82) is 0 Å². The van der Waals surface area contributed by atoms with Gasteiger partial charge in [0.2, 0.25) is 0 Å². The molecule has 3 heterocycles. The van der Waals surface area contributed by atoms with Crippen molar-refractivity contribution in [3.63, 3.8) is 0 Å². The number of piperazine rings is 1. The standard InChI is InChI=1S/C16H26N6O/c1-13-19(3)15-14(16(23)20(13)4)22(12-17-15)7-5-6-21-10-8-18(2)9-11-21/h12H,1,5-11H2,2-4H3. The highest BCUT2D eigenvalue weighted by Gasteiger charge is 2.32. The first kappa shape index (κ1) is 16.0. The van der Waals surface area contributed by atoms with E-state index in [2.05, 4.69) is 28.4 Å². The van der Waals surface area contributed by atoms with Gasteiger partial charge < -0.3 is 19.3 Å². The molecule has 0 atom stereocenters. The summed E-state index contributed by atoms with van der Waals surface area (Å²) in [5, 5.41) is 0. The highest BCUT2D eigenvalue weighted by molar-refractivity contribution is 6.01. The number of anilines is 1. The third-order valence-corrected chi connectivity index (χ3v) is 4.89. The van der Waals surface area contributed by atoms with Crippen LogP contribution in [0.3, 0.4) is 0 Å². The molecule has 0 spiro atoms. The van der Waals surface area contributed by atoms with Gasteiger partial charge in [0.25, 0.3) is 5.91 Å². The monoisotopic (exact) mass is 318 g/mol. The van der Waals surface area contributed by atoms with Gasteiger partial charge in [0.1, 0.15) is 5.82 Å². The number of fused-ring (bicyclic) bond motifs is 1. The second-order valence-electron chi connectivity index (χ2n) is 6.45. The first-order chi connectivity index (χ1) is 11.0. The van der Waals surface area contributed by atoms with Crippen molar-refractivity contribution in [1.82, 2.24) is 24.3 Å². The summed E-state index contributed by atoms with van der Waals surface area (Å²) < 4.78 is 1.98. The van der Waals surface area contributed by atoms with E-state index >= 15 is 0 Å². The number of likely N-dealkylation sites (N-methyl/N-ethyl adjacent to an activating group) is 1. The summed E-state index contributed by atoms with van der Waals surface area (Å²) in [5.74, 6) is 1.34. The van der Waals surface area contributed by atoms with Crippen molar-refractivity contribution in [2.45, 2.75) is 13.0 Å². The molecule has 0 radical (unpaired) electrons. The summed E-state index contributed by atoms with van der Waals surface area (Å²) >= 11 is 0.